The van der Waals surface area contributed by atoms with E-state index in [0.717, 1.165) is 55.5 Å². The van der Waals surface area contributed by atoms with E-state index in [1.165, 1.54) is 6.42 Å². The maximum atomic E-state index is 14.1. The summed E-state index contributed by atoms with van der Waals surface area (Å²) >= 11 is 0. The molecule has 41 heavy (non-hydrogen) atoms. The molecule has 1 saturated heterocycles. The molecule has 1 saturated carbocycles. The van der Waals surface area contributed by atoms with Crippen molar-refractivity contribution in [3.63, 3.8) is 0 Å². The first-order chi connectivity index (χ1) is 19.6. The highest BCUT2D eigenvalue weighted by Gasteiger charge is 2.36. The number of aryl methyl sites for hydroxylation is 1. The van der Waals surface area contributed by atoms with E-state index in [1.54, 1.807) is 6.33 Å². The normalized spacial score (nSPS) is 20.1. The van der Waals surface area contributed by atoms with Crippen LogP contribution in [0.4, 0.5) is 13.2 Å². The van der Waals surface area contributed by atoms with Gasteiger partial charge >= 0.3 is 6.18 Å². The number of aromatic nitrogens is 6. The molecule has 0 spiro atoms. The van der Waals surface area contributed by atoms with E-state index < -0.39 is 11.9 Å². The van der Waals surface area contributed by atoms with Gasteiger partial charge in [0.05, 0.1) is 11.2 Å². The first-order valence-corrected chi connectivity index (χ1v) is 14.4. The number of aromatic amines is 1. The predicted molar refractivity (Wildman–Crippen MR) is 151 cm³/mol. The number of alkyl halides is 3. The van der Waals surface area contributed by atoms with Gasteiger partial charge < -0.3 is 9.47 Å². The minimum Gasteiger partial charge on any atom is -0.320 e. The number of rotatable bonds is 7. The molecule has 2 aliphatic rings. The molecule has 4 heterocycles. The summed E-state index contributed by atoms with van der Waals surface area (Å²) in [6, 6.07) is 9.36. The number of fused-ring (bicyclic) bond motifs is 1. The van der Waals surface area contributed by atoms with Crippen molar-refractivity contribution >= 4 is 10.9 Å². The second-order valence-electron chi connectivity index (χ2n) is 12.1. The Hall–Kier alpha value is -3.31. The number of hydrogen-bond donors (Lipinski definition) is 1. The summed E-state index contributed by atoms with van der Waals surface area (Å²) in [5.74, 6) is 1.77. The highest BCUT2D eigenvalue weighted by Crippen LogP contribution is 2.43. The average molecular weight is 567 g/mol. The zero-order valence-electron chi connectivity index (χ0n) is 24.0. The zero-order valence-corrected chi connectivity index (χ0v) is 24.0. The number of hydrogen-bond acceptors (Lipinski definition) is 6. The summed E-state index contributed by atoms with van der Waals surface area (Å²) in [4.78, 5) is 8.68. The largest absolute Gasteiger partial charge is 0.433 e. The third kappa shape index (κ3) is 5.37. The van der Waals surface area contributed by atoms with Crippen LogP contribution in [0.15, 0.2) is 36.7 Å². The number of nitrogens with zero attached hydrogens (tertiary/aromatic N) is 7. The molecule has 3 aromatic heterocycles. The highest BCUT2D eigenvalue weighted by atomic mass is 19.4. The molecule has 1 aliphatic heterocycles. The Kier molecular flexibility index (Phi) is 7.35. The predicted octanol–water partition coefficient (Wildman–Crippen LogP) is 5.48. The third-order valence-electron chi connectivity index (χ3n) is 8.94. The van der Waals surface area contributed by atoms with Gasteiger partial charge in [0.25, 0.3) is 0 Å². The summed E-state index contributed by atoms with van der Waals surface area (Å²) in [5, 5.41) is 16.6. The second kappa shape index (κ2) is 10.8. The van der Waals surface area contributed by atoms with Crippen molar-refractivity contribution in [3.8, 4) is 11.3 Å². The van der Waals surface area contributed by atoms with Gasteiger partial charge in [0.2, 0.25) is 0 Å². The number of H-pyrrole nitrogens is 1. The lowest BCUT2D eigenvalue weighted by Crippen LogP contribution is -2.53. The van der Waals surface area contributed by atoms with E-state index >= 15 is 0 Å². The topological polar surface area (TPSA) is 78.8 Å². The molecule has 1 N–H and O–H groups in total. The van der Waals surface area contributed by atoms with Crippen LogP contribution in [0.5, 0.6) is 0 Å². The summed E-state index contributed by atoms with van der Waals surface area (Å²) in [5.41, 5.74) is 2.39. The number of pyridine rings is 1. The molecule has 0 bridgehead atoms. The summed E-state index contributed by atoms with van der Waals surface area (Å²) in [7, 11) is 4.03. The van der Waals surface area contributed by atoms with Crippen LogP contribution in [0.3, 0.4) is 0 Å². The van der Waals surface area contributed by atoms with Crippen LogP contribution >= 0.6 is 0 Å². The van der Waals surface area contributed by atoms with Gasteiger partial charge in [-0.2, -0.15) is 18.3 Å². The van der Waals surface area contributed by atoms with Gasteiger partial charge in [0, 0.05) is 56.1 Å². The van der Waals surface area contributed by atoms with Crippen LogP contribution in [0.25, 0.3) is 22.2 Å². The lowest BCUT2D eigenvalue weighted by atomic mass is 9.72. The van der Waals surface area contributed by atoms with Gasteiger partial charge in [-0.25, -0.2) is 4.98 Å². The molecule has 218 valence electrons. The molecule has 6 rings (SSSR count). The summed E-state index contributed by atoms with van der Waals surface area (Å²) in [6.45, 7) is 7.14. The Morgan fingerprint density at radius 1 is 1.10 bits per heavy atom. The number of nitrogens with one attached hydrogen (secondary N) is 1. The van der Waals surface area contributed by atoms with E-state index in [4.69, 9.17) is 0 Å². The standard InChI is InChI=1S/C30H37F3N8/c1-18(2)24-16-39(3)11-12-41(24)15-23-28-22(14-25(35-23)30(31,32)33)27(36-37-28)21-10-6-9-20(13-21)26(19-7-5-8-19)29-38-34-17-40(29)4/h6,9-10,13-14,17-19,24,26H,5,7-8,11-12,15-16H2,1-4H3,(H,36,37)/t24-,26-/m1/s1. The van der Waals surface area contributed by atoms with Crippen molar-refractivity contribution in [2.45, 2.75) is 57.8 Å². The van der Waals surface area contributed by atoms with Crippen molar-refractivity contribution in [3.05, 3.63) is 59.4 Å². The lowest BCUT2D eigenvalue weighted by Gasteiger charge is -2.42. The minimum atomic E-state index is -4.57. The fourth-order valence-electron chi connectivity index (χ4n) is 6.43. The number of piperazine rings is 1. The molecule has 0 amide bonds. The number of likely N-dealkylation sites (N-methyl/N-ethyl adjacent to an activating group) is 1. The van der Waals surface area contributed by atoms with Gasteiger partial charge in [-0.05, 0) is 49.4 Å². The maximum Gasteiger partial charge on any atom is 0.433 e. The minimum absolute atomic E-state index is 0.0644. The van der Waals surface area contributed by atoms with Gasteiger partial charge in [-0.1, -0.05) is 38.5 Å². The lowest BCUT2D eigenvalue weighted by molar-refractivity contribution is -0.141. The smallest absolute Gasteiger partial charge is 0.320 e. The van der Waals surface area contributed by atoms with Crippen molar-refractivity contribution in [1.82, 2.24) is 39.7 Å². The quantitative estimate of drug-likeness (QED) is 0.319. The van der Waals surface area contributed by atoms with Crippen LogP contribution in [0.2, 0.25) is 0 Å². The number of benzene rings is 1. The first-order valence-electron chi connectivity index (χ1n) is 14.4. The summed E-state index contributed by atoms with van der Waals surface area (Å²) in [6.07, 6.45) is 0.550. The molecule has 0 radical (unpaired) electrons. The average Bonchev–Trinajstić information content (AvgIpc) is 3.52. The van der Waals surface area contributed by atoms with Crippen molar-refractivity contribution in [2.24, 2.45) is 18.9 Å². The van der Waals surface area contributed by atoms with Gasteiger partial charge in [-0.15, -0.1) is 10.2 Å². The maximum absolute atomic E-state index is 14.1. The molecule has 1 aromatic carbocycles. The first kappa shape index (κ1) is 27.8. The molecule has 2 atom stereocenters. The third-order valence-corrected chi connectivity index (χ3v) is 8.94. The van der Waals surface area contributed by atoms with Crippen LogP contribution in [0, 0.1) is 11.8 Å². The van der Waals surface area contributed by atoms with E-state index in [2.05, 4.69) is 68.2 Å². The Balaban J connectivity index is 1.42. The van der Waals surface area contributed by atoms with Crippen LogP contribution < -0.4 is 0 Å². The molecule has 11 heteroatoms. The zero-order chi connectivity index (χ0) is 28.9. The fourth-order valence-corrected chi connectivity index (χ4v) is 6.43. The van der Waals surface area contributed by atoms with E-state index in [9.17, 15) is 13.2 Å². The fraction of sp³-hybridized carbons (Fsp3) is 0.533. The van der Waals surface area contributed by atoms with E-state index in [1.807, 2.05) is 23.7 Å². The molecule has 4 aromatic rings. The van der Waals surface area contributed by atoms with Crippen LogP contribution in [-0.2, 0) is 19.8 Å². The molecular formula is C30H37F3N8. The molecule has 2 fully saturated rings. The molecular weight excluding hydrogens is 529 g/mol. The Bertz CT molecular complexity index is 1520. The van der Waals surface area contributed by atoms with E-state index in [0.29, 0.717) is 40.7 Å². The van der Waals surface area contributed by atoms with E-state index in [-0.39, 0.29) is 12.0 Å². The van der Waals surface area contributed by atoms with Gasteiger partial charge in [0.1, 0.15) is 23.5 Å². The molecule has 8 nitrogen and oxygen atoms in total. The van der Waals surface area contributed by atoms with Crippen molar-refractivity contribution in [2.75, 3.05) is 26.7 Å². The van der Waals surface area contributed by atoms with Crippen molar-refractivity contribution in [1.29, 1.82) is 0 Å². The second-order valence-corrected chi connectivity index (χ2v) is 12.1. The molecule has 0 unspecified atom stereocenters. The Morgan fingerprint density at radius 3 is 2.56 bits per heavy atom. The highest BCUT2D eigenvalue weighted by molar-refractivity contribution is 5.94. The van der Waals surface area contributed by atoms with Gasteiger partial charge in [-0.3, -0.25) is 10.00 Å². The van der Waals surface area contributed by atoms with Crippen molar-refractivity contribution < 1.29 is 13.2 Å². The van der Waals surface area contributed by atoms with Gasteiger partial charge in [0.15, 0.2) is 0 Å². The SMILES string of the molecule is CC(C)[C@H]1CN(C)CCN1Cc1nc(C(F)(F)F)cc2c(-c3cccc([C@H](c4nncn4C)C4CCC4)c3)n[nH]c12. The van der Waals surface area contributed by atoms with Crippen LogP contribution in [-0.4, -0.2) is 72.5 Å². The monoisotopic (exact) mass is 566 g/mol. The summed E-state index contributed by atoms with van der Waals surface area (Å²) < 4.78 is 44.4. The number of halogens is 3. The Labute approximate surface area is 238 Å². The van der Waals surface area contributed by atoms with Crippen LogP contribution in [0.1, 0.15) is 61.8 Å². The Morgan fingerprint density at radius 2 is 1.90 bits per heavy atom. The molecule has 1 aliphatic carbocycles.